The summed E-state index contributed by atoms with van der Waals surface area (Å²) in [5.74, 6) is -2.44. The average Bonchev–Trinajstić information content (AvgIpc) is 3.54. The summed E-state index contributed by atoms with van der Waals surface area (Å²) in [5, 5.41) is 0.951. The smallest absolute Gasteiger partial charge is 0.243 e. The highest BCUT2D eigenvalue weighted by Gasteiger charge is 2.35. The molecule has 7 nitrogen and oxygen atoms in total. The lowest BCUT2D eigenvalue weighted by Gasteiger charge is -2.32. The van der Waals surface area contributed by atoms with E-state index in [9.17, 15) is 22.0 Å². The van der Waals surface area contributed by atoms with Crippen molar-refractivity contribution in [1.82, 2.24) is 9.29 Å². The van der Waals surface area contributed by atoms with Crippen LogP contribution in [0.4, 0.5) is 13.9 Å². The van der Waals surface area contributed by atoms with Gasteiger partial charge >= 0.3 is 0 Å². The summed E-state index contributed by atoms with van der Waals surface area (Å²) in [5.41, 5.74) is 0.601. The molecule has 0 spiro atoms. The maximum Gasteiger partial charge on any atom is 0.243 e. The number of para-hydroxylation sites is 1. The van der Waals surface area contributed by atoms with Crippen LogP contribution in [-0.2, 0) is 21.4 Å². The molecule has 0 unspecified atom stereocenters. The lowest BCUT2D eigenvalue weighted by atomic mass is 9.96. The summed E-state index contributed by atoms with van der Waals surface area (Å²) in [6.45, 7) is 0.298. The van der Waals surface area contributed by atoms with Crippen LogP contribution in [0.1, 0.15) is 18.6 Å². The summed E-state index contributed by atoms with van der Waals surface area (Å²) >= 11 is 7.62. The van der Waals surface area contributed by atoms with E-state index in [0.29, 0.717) is 27.5 Å². The van der Waals surface area contributed by atoms with Crippen molar-refractivity contribution in [1.29, 1.82) is 0 Å². The van der Waals surface area contributed by atoms with Crippen molar-refractivity contribution in [3.8, 4) is 0 Å². The minimum atomic E-state index is -4.02. The number of amides is 1. The fourth-order valence-electron chi connectivity index (χ4n) is 4.17. The molecular formula is C24H20ClF2N3O4S2. The van der Waals surface area contributed by atoms with Gasteiger partial charge in [0.15, 0.2) is 16.8 Å². The maximum absolute atomic E-state index is 13.7. The second-order valence-electron chi connectivity index (χ2n) is 8.34. The lowest BCUT2D eigenvalue weighted by molar-refractivity contribution is -0.123. The zero-order valence-electron chi connectivity index (χ0n) is 18.7. The van der Waals surface area contributed by atoms with Gasteiger partial charge in [-0.15, -0.1) is 0 Å². The van der Waals surface area contributed by atoms with Crippen LogP contribution in [0.15, 0.2) is 64.1 Å². The van der Waals surface area contributed by atoms with Gasteiger partial charge in [0.05, 0.1) is 27.4 Å². The van der Waals surface area contributed by atoms with Crippen molar-refractivity contribution in [2.45, 2.75) is 24.3 Å². The van der Waals surface area contributed by atoms with Gasteiger partial charge < -0.3 is 4.42 Å². The Hall–Kier alpha value is -2.86. The van der Waals surface area contributed by atoms with E-state index in [0.717, 1.165) is 16.8 Å². The van der Waals surface area contributed by atoms with Gasteiger partial charge in [-0.2, -0.15) is 4.31 Å². The second-order valence-corrected chi connectivity index (χ2v) is 11.7. The molecule has 1 aliphatic heterocycles. The summed E-state index contributed by atoms with van der Waals surface area (Å²) in [7, 11) is -4.02. The van der Waals surface area contributed by atoms with Crippen LogP contribution in [0.5, 0.6) is 0 Å². The lowest BCUT2D eigenvalue weighted by Crippen LogP contribution is -2.44. The number of fused-ring (bicyclic) bond motifs is 1. The van der Waals surface area contributed by atoms with E-state index in [1.54, 1.807) is 23.1 Å². The average molecular weight is 552 g/mol. The van der Waals surface area contributed by atoms with Crippen LogP contribution < -0.4 is 4.90 Å². The van der Waals surface area contributed by atoms with Crippen LogP contribution in [0.3, 0.4) is 0 Å². The molecule has 0 bridgehead atoms. The Bertz CT molecular complexity index is 1520. The molecule has 1 amide bonds. The number of carbonyl (C=O) groups is 1. The molecule has 1 fully saturated rings. The van der Waals surface area contributed by atoms with Crippen molar-refractivity contribution in [3.05, 3.63) is 77.2 Å². The van der Waals surface area contributed by atoms with Gasteiger partial charge in [0.25, 0.3) is 0 Å². The first-order valence-corrected chi connectivity index (χ1v) is 13.7. The molecule has 0 atom stereocenters. The van der Waals surface area contributed by atoms with E-state index >= 15 is 0 Å². The third kappa shape index (κ3) is 4.75. The molecular weight excluding hydrogens is 532 g/mol. The molecule has 0 aliphatic carbocycles. The number of hydrogen-bond donors (Lipinski definition) is 0. The second kappa shape index (κ2) is 9.89. The Morgan fingerprint density at radius 2 is 1.92 bits per heavy atom. The zero-order chi connectivity index (χ0) is 25.4. The largest absolute Gasteiger partial charge is 0.467 e. The molecule has 4 aromatic rings. The SMILES string of the molecule is O=C(C1CCN(S(=O)(=O)c2ccc(F)c(F)c2)CC1)N(Cc1ccco1)c1nc2c(Cl)cccc2s1. The van der Waals surface area contributed by atoms with Crippen LogP contribution in [0.2, 0.25) is 5.02 Å². The fraction of sp³-hybridized carbons (Fsp3) is 0.250. The van der Waals surface area contributed by atoms with E-state index in [1.807, 2.05) is 12.1 Å². The number of sulfonamides is 1. The molecule has 2 aromatic carbocycles. The van der Waals surface area contributed by atoms with Gasteiger partial charge in [0.2, 0.25) is 15.9 Å². The quantitative estimate of drug-likeness (QED) is 0.318. The first-order chi connectivity index (χ1) is 17.2. The first-order valence-electron chi connectivity index (χ1n) is 11.1. The van der Waals surface area contributed by atoms with E-state index in [-0.39, 0.29) is 43.3 Å². The molecule has 12 heteroatoms. The minimum absolute atomic E-state index is 0.0675. The highest BCUT2D eigenvalue weighted by molar-refractivity contribution is 7.89. The highest BCUT2D eigenvalue weighted by atomic mass is 35.5. The topological polar surface area (TPSA) is 83.7 Å². The molecule has 1 saturated heterocycles. The first kappa shape index (κ1) is 24.8. The van der Waals surface area contributed by atoms with E-state index in [1.165, 1.54) is 21.9 Å². The van der Waals surface area contributed by atoms with Gasteiger partial charge in [-0.05, 0) is 55.3 Å². The van der Waals surface area contributed by atoms with Crippen LogP contribution in [0.25, 0.3) is 10.2 Å². The molecule has 2 aromatic heterocycles. The summed E-state index contributed by atoms with van der Waals surface area (Å²) in [6.07, 6.45) is 2.05. The third-order valence-electron chi connectivity index (χ3n) is 6.08. The van der Waals surface area contributed by atoms with Crippen molar-refractivity contribution in [2.75, 3.05) is 18.0 Å². The van der Waals surface area contributed by atoms with E-state index < -0.39 is 27.6 Å². The third-order valence-corrected chi connectivity index (χ3v) is 9.32. The number of hydrogen-bond acceptors (Lipinski definition) is 6. The minimum Gasteiger partial charge on any atom is -0.467 e. The number of furan rings is 1. The van der Waals surface area contributed by atoms with Crippen molar-refractivity contribution < 1.29 is 26.4 Å². The number of anilines is 1. The van der Waals surface area contributed by atoms with Crippen molar-refractivity contribution in [2.24, 2.45) is 5.92 Å². The number of aromatic nitrogens is 1. The zero-order valence-corrected chi connectivity index (χ0v) is 21.1. The Morgan fingerprint density at radius 1 is 1.14 bits per heavy atom. The van der Waals surface area contributed by atoms with E-state index in [2.05, 4.69) is 4.98 Å². The predicted molar refractivity (Wildman–Crippen MR) is 132 cm³/mol. The van der Waals surface area contributed by atoms with Gasteiger partial charge in [-0.1, -0.05) is 29.0 Å². The molecule has 1 aliphatic rings. The Morgan fingerprint density at radius 3 is 2.58 bits per heavy atom. The maximum atomic E-state index is 13.7. The fourth-order valence-corrected chi connectivity index (χ4v) is 6.92. The number of nitrogens with zero attached hydrogens (tertiary/aromatic N) is 3. The molecule has 0 radical (unpaired) electrons. The highest BCUT2D eigenvalue weighted by Crippen LogP contribution is 2.35. The monoisotopic (exact) mass is 551 g/mol. The molecule has 5 rings (SSSR count). The summed E-state index contributed by atoms with van der Waals surface area (Å²) in [4.78, 5) is 19.5. The Labute approximate surface area is 215 Å². The van der Waals surface area contributed by atoms with Crippen LogP contribution in [-0.4, -0.2) is 36.7 Å². The van der Waals surface area contributed by atoms with Gasteiger partial charge in [0.1, 0.15) is 11.3 Å². The molecule has 0 N–H and O–H groups in total. The van der Waals surface area contributed by atoms with Crippen LogP contribution in [0, 0.1) is 17.6 Å². The summed E-state index contributed by atoms with van der Waals surface area (Å²) in [6, 6.07) is 11.4. The van der Waals surface area contributed by atoms with Gasteiger partial charge in [0, 0.05) is 19.0 Å². The van der Waals surface area contributed by atoms with Gasteiger partial charge in [-0.3, -0.25) is 9.69 Å². The standard InChI is InChI=1S/C24H20ClF2N3O4S2/c25-18-4-1-5-21-22(18)28-24(35-21)30(14-16-3-2-12-34-16)23(31)15-8-10-29(11-9-15)36(32,33)17-6-7-19(26)20(27)13-17/h1-7,12-13,15H,8-11,14H2. The molecule has 0 saturated carbocycles. The number of piperidine rings is 1. The normalized spacial score (nSPS) is 15.4. The Balaban J connectivity index is 1.36. The number of thiazole rings is 1. The predicted octanol–water partition coefficient (Wildman–Crippen LogP) is 5.46. The number of halogens is 3. The number of rotatable bonds is 6. The number of carbonyl (C=O) groups excluding carboxylic acids is 1. The summed E-state index contributed by atoms with van der Waals surface area (Å²) < 4.78 is 60.2. The van der Waals surface area contributed by atoms with E-state index in [4.69, 9.17) is 16.0 Å². The molecule has 36 heavy (non-hydrogen) atoms. The Kier molecular flexibility index (Phi) is 6.82. The van der Waals surface area contributed by atoms with Crippen molar-refractivity contribution in [3.63, 3.8) is 0 Å². The van der Waals surface area contributed by atoms with Gasteiger partial charge in [-0.25, -0.2) is 22.2 Å². The van der Waals surface area contributed by atoms with Crippen LogP contribution >= 0.6 is 22.9 Å². The number of benzene rings is 2. The van der Waals surface area contributed by atoms with Crippen molar-refractivity contribution >= 4 is 54.2 Å². The molecule has 188 valence electrons. The molecule has 3 heterocycles.